The second-order valence-electron chi connectivity index (χ2n) is 5.23. The summed E-state index contributed by atoms with van der Waals surface area (Å²) in [5.74, 6) is -2.58. The summed E-state index contributed by atoms with van der Waals surface area (Å²) < 4.78 is 29.4. The van der Waals surface area contributed by atoms with Crippen LogP contribution in [-0.2, 0) is 5.92 Å². The Labute approximate surface area is 110 Å². The van der Waals surface area contributed by atoms with Crippen molar-refractivity contribution in [2.24, 2.45) is 0 Å². The number of fused-ring (bicyclic) bond motifs is 1. The SMILES string of the molecule is CC(C)c1nc2n(n1)C(c1ccccc1)CC2(F)F. The summed E-state index contributed by atoms with van der Waals surface area (Å²) in [7, 11) is 0. The first-order valence-electron chi connectivity index (χ1n) is 6.39. The van der Waals surface area contributed by atoms with Crippen LogP contribution < -0.4 is 0 Å². The molecule has 0 saturated carbocycles. The Bertz CT molecular complexity index is 590. The Kier molecular flexibility index (Phi) is 2.66. The van der Waals surface area contributed by atoms with Gasteiger partial charge in [0.15, 0.2) is 11.6 Å². The van der Waals surface area contributed by atoms with Crippen molar-refractivity contribution in [1.82, 2.24) is 14.8 Å². The van der Waals surface area contributed by atoms with Gasteiger partial charge in [0.2, 0.25) is 0 Å². The Hall–Kier alpha value is -1.78. The Morgan fingerprint density at radius 3 is 2.58 bits per heavy atom. The summed E-state index contributed by atoms with van der Waals surface area (Å²) >= 11 is 0. The van der Waals surface area contributed by atoms with Gasteiger partial charge >= 0.3 is 5.92 Å². The molecule has 3 nitrogen and oxygen atoms in total. The molecular formula is C14H15F2N3. The maximum Gasteiger partial charge on any atom is 0.308 e. The molecule has 0 bridgehead atoms. The van der Waals surface area contributed by atoms with Crippen LogP contribution in [0.25, 0.3) is 0 Å². The van der Waals surface area contributed by atoms with E-state index >= 15 is 0 Å². The number of hydrogen-bond acceptors (Lipinski definition) is 2. The lowest BCUT2D eigenvalue weighted by Crippen LogP contribution is -2.11. The van der Waals surface area contributed by atoms with Crippen LogP contribution in [0, 0.1) is 0 Å². The molecule has 0 amide bonds. The van der Waals surface area contributed by atoms with Gasteiger partial charge in [-0.2, -0.15) is 13.9 Å². The molecule has 2 heterocycles. The second kappa shape index (κ2) is 4.11. The zero-order valence-corrected chi connectivity index (χ0v) is 10.8. The van der Waals surface area contributed by atoms with Gasteiger partial charge in [-0.25, -0.2) is 9.67 Å². The van der Waals surface area contributed by atoms with Crippen LogP contribution in [0.5, 0.6) is 0 Å². The van der Waals surface area contributed by atoms with Crippen molar-refractivity contribution >= 4 is 0 Å². The largest absolute Gasteiger partial charge is 0.308 e. The number of rotatable bonds is 2. The molecule has 0 radical (unpaired) electrons. The average Bonchev–Trinajstić information content (AvgIpc) is 2.91. The van der Waals surface area contributed by atoms with Crippen molar-refractivity contribution in [3.8, 4) is 0 Å². The molecule has 5 heteroatoms. The normalized spacial score (nSPS) is 20.8. The molecule has 19 heavy (non-hydrogen) atoms. The van der Waals surface area contributed by atoms with Gasteiger partial charge in [0.05, 0.1) is 6.04 Å². The van der Waals surface area contributed by atoms with E-state index < -0.39 is 12.0 Å². The molecular weight excluding hydrogens is 248 g/mol. The van der Waals surface area contributed by atoms with Gasteiger partial charge in [-0.1, -0.05) is 44.2 Å². The molecule has 2 aromatic rings. The third-order valence-electron chi connectivity index (χ3n) is 3.42. The molecule has 0 saturated heterocycles. The number of hydrogen-bond donors (Lipinski definition) is 0. The summed E-state index contributed by atoms with van der Waals surface area (Å²) in [6.45, 7) is 3.81. The van der Waals surface area contributed by atoms with E-state index in [1.807, 2.05) is 44.2 Å². The maximum atomic E-state index is 14.0. The topological polar surface area (TPSA) is 30.7 Å². The van der Waals surface area contributed by atoms with Crippen LogP contribution in [0.4, 0.5) is 8.78 Å². The lowest BCUT2D eigenvalue weighted by atomic mass is 10.0. The number of benzene rings is 1. The Balaban J connectivity index is 2.08. The highest BCUT2D eigenvalue weighted by Crippen LogP contribution is 2.45. The number of alkyl halides is 2. The van der Waals surface area contributed by atoms with Crippen LogP contribution in [0.1, 0.15) is 49.4 Å². The standard InChI is InChI=1S/C14H15F2N3/c1-9(2)12-17-13-14(15,16)8-11(19(13)18-12)10-6-4-3-5-7-10/h3-7,9,11H,8H2,1-2H3. The van der Waals surface area contributed by atoms with Crippen molar-refractivity contribution in [3.05, 3.63) is 47.5 Å². The minimum Gasteiger partial charge on any atom is -0.237 e. The molecule has 0 fully saturated rings. The number of halogens is 2. The van der Waals surface area contributed by atoms with Gasteiger partial charge < -0.3 is 0 Å². The van der Waals surface area contributed by atoms with Crippen molar-refractivity contribution in [1.29, 1.82) is 0 Å². The van der Waals surface area contributed by atoms with Crippen LogP contribution in [-0.4, -0.2) is 14.8 Å². The summed E-state index contributed by atoms with van der Waals surface area (Å²) in [4.78, 5) is 4.02. The molecule has 1 aliphatic rings. The first kappa shape index (κ1) is 12.3. The van der Waals surface area contributed by atoms with Gasteiger partial charge in [-0.05, 0) is 5.56 Å². The Morgan fingerprint density at radius 2 is 1.95 bits per heavy atom. The van der Waals surface area contributed by atoms with E-state index in [-0.39, 0.29) is 18.2 Å². The van der Waals surface area contributed by atoms with Gasteiger partial charge in [-0.3, -0.25) is 0 Å². The minimum absolute atomic E-state index is 0.0466. The quantitative estimate of drug-likeness (QED) is 0.830. The third kappa shape index (κ3) is 1.93. The van der Waals surface area contributed by atoms with Crippen LogP contribution in [0.15, 0.2) is 30.3 Å². The molecule has 1 atom stereocenters. The van der Waals surface area contributed by atoms with E-state index in [4.69, 9.17) is 0 Å². The Morgan fingerprint density at radius 1 is 1.26 bits per heavy atom. The van der Waals surface area contributed by atoms with Crippen molar-refractivity contribution < 1.29 is 8.78 Å². The fraction of sp³-hybridized carbons (Fsp3) is 0.429. The monoisotopic (exact) mass is 263 g/mol. The molecule has 0 N–H and O–H groups in total. The van der Waals surface area contributed by atoms with Crippen LogP contribution in [0.3, 0.4) is 0 Å². The maximum absolute atomic E-state index is 14.0. The molecule has 1 unspecified atom stereocenters. The summed E-state index contributed by atoms with van der Waals surface area (Å²) in [5.41, 5.74) is 0.848. The van der Waals surface area contributed by atoms with Crippen molar-refractivity contribution in [3.63, 3.8) is 0 Å². The van der Waals surface area contributed by atoms with Crippen LogP contribution >= 0.6 is 0 Å². The summed E-state index contributed by atoms with van der Waals surface area (Å²) in [6, 6.07) is 8.86. The highest BCUT2D eigenvalue weighted by atomic mass is 19.3. The molecule has 1 aromatic carbocycles. The lowest BCUT2D eigenvalue weighted by Gasteiger charge is -2.12. The minimum atomic E-state index is -2.90. The zero-order chi connectivity index (χ0) is 13.6. The third-order valence-corrected chi connectivity index (χ3v) is 3.42. The van der Waals surface area contributed by atoms with Crippen molar-refractivity contribution in [2.75, 3.05) is 0 Å². The highest BCUT2D eigenvalue weighted by Gasteiger charge is 2.48. The van der Waals surface area contributed by atoms with Gasteiger partial charge in [0.25, 0.3) is 0 Å². The van der Waals surface area contributed by atoms with Gasteiger partial charge in [-0.15, -0.1) is 0 Å². The molecule has 0 aliphatic carbocycles. The van der Waals surface area contributed by atoms with E-state index in [2.05, 4.69) is 10.1 Å². The first-order valence-corrected chi connectivity index (χ1v) is 6.39. The molecule has 100 valence electrons. The average molecular weight is 263 g/mol. The van der Waals surface area contributed by atoms with Crippen LogP contribution in [0.2, 0.25) is 0 Å². The van der Waals surface area contributed by atoms with E-state index in [1.54, 1.807) is 0 Å². The van der Waals surface area contributed by atoms with E-state index in [0.29, 0.717) is 5.82 Å². The van der Waals surface area contributed by atoms with Gasteiger partial charge in [0.1, 0.15) is 0 Å². The summed E-state index contributed by atoms with van der Waals surface area (Å²) in [6.07, 6.45) is -0.259. The molecule has 1 aliphatic heterocycles. The van der Waals surface area contributed by atoms with Gasteiger partial charge in [0, 0.05) is 12.3 Å². The fourth-order valence-corrected chi connectivity index (χ4v) is 2.41. The second-order valence-corrected chi connectivity index (χ2v) is 5.23. The predicted octanol–water partition coefficient (Wildman–Crippen LogP) is 3.49. The lowest BCUT2D eigenvalue weighted by molar-refractivity contribution is -0.00892. The van der Waals surface area contributed by atoms with Crippen molar-refractivity contribution in [2.45, 2.75) is 38.2 Å². The highest BCUT2D eigenvalue weighted by molar-refractivity contribution is 5.25. The first-order chi connectivity index (χ1) is 8.99. The molecule has 0 spiro atoms. The smallest absolute Gasteiger partial charge is 0.237 e. The van der Waals surface area contributed by atoms with E-state index in [1.165, 1.54) is 4.68 Å². The van der Waals surface area contributed by atoms with E-state index in [9.17, 15) is 8.78 Å². The number of aromatic nitrogens is 3. The summed E-state index contributed by atoms with van der Waals surface area (Å²) in [5, 5.41) is 4.27. The molecule has 3 rings (SSSR count). The fourth-order valence-electron chi connectivity index (χ4n) is 2.41. The zero-order valence-electron chi connectivity index (χ0n) is 10.8. The predicted molar refractivity (Wildman–Crippen MR) is 67.2 cm³/mol. The number of nitrogens with zero attached hydrogens (tertiary/aromatic N) is 3. The van der Waals surface area contributed by atoms with E-state index in [0.717, 1.165) is 5.56 Å². The molecule has 1 aromatic heterocycles.